The van der Waals surface area contributed by atoms with E-state index in [9.17, 15) is 4.79 Å². The summed E-state index contributed by atoms with van der Waals surface area (Å²) in [6, 6.07) is 9.06. The van der Waals surface area contributed by atoms with E-state index in [0.29, 0.717) is 6.04 Å². The van der Waals surface area contributed by atoms with Crippen LogP contribution in [0, 0.1) is 3.57 Å². The SMILES string of the molecule is CC1CN(C(=O)OC(C)(C)C)CCN1CCc1ccc(I)cc1. The van der Waals surface area contributed by atoms with E-state index >= 15 is 0 Å². The van der Waals surface area contributed by atoms with Crippen LogP contribution in [-0.4, -0.2) is 53.7 Å². The van der Waals surface area contributed by atoms with Crippen LogP contribution in [0.15, 0.2) is 24.3 Å². The normalized spacial score (nSPS) is 19.7. The first-order valence-corrected chi connectivity index (χ1v) is 9.29. The van der Waals surface area contributed by atoms with Gasteiger partial charge in [0.05, 0.1) is 0 Å². The van der Waals surface area contributed by atoms with Crippen LogP contribution in [0.4, 0.5) is 4.79 Å². The molecule has 1 saturated heterocycles. The zero-order valence-electron chi connectivity index (χ0n) is 14.5. The molecule has 23 heavy (non-hydrogen) atoms. The molecule has 1 fully saturated rings. The van der Waals surface area contributed by atoms with E-state index < -0.39 is 5.60 Å². The molecule has 1 aromatic rings. The Morgan fingerprint density at radius 2 is 1.91 bits per heavy atom. The van der Waals surface area contributed by atoms with Crippen LogP contribution in [0.5, 0.6) is 0 Å². The molecule has 1 aromatic carbocycles. The summed E-state index contributed by atoms with van der Waals surface area (Å²) in [4.78, 5) is 16.4. The summed E-state index contributed by atoms with van der Waals surface area (Å²) in [5.41, 5.74) is 0.939. The third-order valence-corrected chi connectivity index (χ3v) is 4.74. The van der Waals surface area contributed by atoms with E-state index in [4.69, 9.17) is 4.74 Å². The van der Waals surface area contributed by atoms with Crippen LogP contribution in [0.3, 0.4) is 0 Å². The molecule has 1 unspecified atom stereocenters. The van der Waals surface area contributed by atoms with E-state index in [0.717, 1.165) is 32.6 Å². The summed E-state index contributed by atoms with van der Waals surface area (Å²) in [5.74, 6) is 0. The van der Waals surface area contributed by atoms with E-state index in [1.54, 1.807) is 0 Å². The van der Waals surface area contributed by atoms with Crippen molar-refractivity contribution in [2.45, 2.75) is 45.8 Å². The number of hydrogen-bond donors (Lipinski definition) is 0. The Labute approximate surface area is 153 Å². The minimum Gasteiger partial charge on any atom is -0.444 e. The van der Waals surface area contributed by atoms with Gasteiger partial charge in [0.15, 0.2) is 0 Å². The highest BCUT2D eigenvalue weighted by molar-refractivity contribution is 14.1. The fourth-order valence-corrected chi connectivity index (χ4v) is 3.10. The van der Waals surface area contributed by atoms with E-state index in [-0.39, 0.29) is 6.09 Å². The van der Waals surface area contributed by atoms with Gasteiger partial charge in [-0.25, -0.2) is 4.79 Å². The lowest BCUT2D eigenvalue weighted by Gasteiger charge is -2.40. The van der Waals surface area contributed by atoms with Crippen LogP contribution in [0.2, 0.25) is 0 Å². The Balaban J connectivity index is 1.82. The van der Waals surface area contributed by atoms with Gasteiger partial charge in [0.2, 0.25) is 0 Å². The smallest absolute Gasteiger partial charge is 0.410 e. The molecule has 0 bridgehead atoms. The van der Waals surface area contributed by atoms with Gasteiger partial charge in [-0.3, -0.25) is 4.90 Å². The van der Waals surface area contributed by atoms with Crippen molar-refractivity contribution in [3.8, 4) is 0 Å². The molecule has 0 aromatic heterocycles. The molecule has 128 valence electrons. The minimum absolute atomic E-state index is 0.193. The highest BCUT2D eigenvalue weighted by atomic mass is 127. The molecule has 0 saturated carbocycles. The molecule has 0 aliphatic carbocycles. The number of amides is 1. The highest BCUT2D eigenvalue weighted by Crippen LogP contribution is 2.16. The van der Waals surface area contributed by atoms with Gasteiger partial charge in [-0.05, 0) is 74.4 Å². The third kappa shape index (κ3) is 5.95. The molecule has 1 heterocycles. The molecule has 1 aliphatic heterocycles. The Morgan fingerprint density at radius 3 is 2.48 bits per heavy atom. The first-order chi connectivity index (χ1) is 10.7. The summed E-state index contributed by atoms with van der Waals surface area (Å²) in [5, 5.41) is 0. The predicted molar refractivity (Wildman–Crippen MR) is 102 cm³/mol. The lowest BCUT2D eigenvalue weighted by atomic mass is 10.1. The maximum Gasteiger partial charge on any atom is 0.410 e. The van der Waals surface area contributed by atoms with Crippen molar-refractivity contribution in [3.63, 3.8) is 0 Å². The lowest BCUT2D eigenvalue weighted by Crippen LogP contribution is -2.54. The van der Waals surface area contributed by atoms with Gasteiger partial charge in [-0.2, -0.15) is 0 Å². The summed E-state index contributed by atoms with van der Waals surface area (Å²) in [7, 11) is 0. The molecule has 1 atom stereocenters. The molecule has 1 amide bonds. The highest BCUT2D eigenvalue weighted by Gasteiger charge is 2.29. The predicted octanol–water partition coefficient (Wildman–Crippen LogP) is 3.77. The maximum absolute atomic E-state index is 12.2. The second-order valence-electron chi connectivity index (χ2n) is 7.19. The van der Waals surface area contributed by atoms with Gasteiger partial charge in [0.25, 0.3) is 0 Å². The second kappa shape index (κ2) is 7.83. The molecule has 4 nitrogen and oxygen atoms in total. The van der Waals surface area contributed by atoms with Crippen molar-refractivity contribution < 1.29 is 9.53 Å². The Kier molecular flexibility index (Phi) is 6.31. The number of rotatable bonds is 3. The number of carbonyl (C=O) groups excluding carboxylic acids is 1. The van der Waals surface area contributed by atoms with Crippen molar-refractivity contribution in [1.29, 1.82) is 0 Å². The first-order valence-electron chi connectivity index (χ1n) is 8.21. The van der Waals surface area contributed by atoms with Gasteiger partial charge >= 0.3 is 6.09 Å². The monoisotopic (exact) mass is 430 g/mol. The van der Waals surface area contributed by atoms with Crippen LogP contribution >= 0.6 is 22.6 Å². The molecule has 0 N–H and O–H groups in total. The number of ether oxygens (including phenoxy) is 1. The zero-order chi connectivity index (χ0) is 17.0. The molecule has 0 spiro atoms. The fourth-order valence-electron chi connectivity index (χ4n) is 2.74. The number of nitrogens with zero attached hydrogens (tertiary/aromatic N) is 2. The van der Waals surface area contributed by atoms with Gasteiger partial charge < -0.3 is 9.64 Å². The number of carbonyl (C=O) groups is 1. The third-order valence-electron chi connectivity index (χ3n) is 4.02. The summed E-state index contributed by atoms with van der Waals surface area (Å²) < 4.78 is 6.74. The number of halogens is 1. The van der Waals surface area contributed by atoms with Crippen LogP contribution in [0.25, 0.3) is 0 Å². The maximum atomic E-state index is 12.2. The van der Waals surface area contributed by atoms with Crippen molar-refractivity contribution in [2.24, 2.45) is 0 Å². The first kappa shape index (κ1) is 18.5. The number of benzene rings is 1. The van der Waals surface area contributed by atoms with Gasteiger partial charge in [-0.15, -0.1) is 0 Å². The largest absolute Gasteiger partial charge is 0.444 e. The molecular weight excluding hydrogens is 403 g/mol. The van der Waals surface area contributed by atoms with E-state index in [1.807, 2.05) is 25.7 Å². The van der Waals surface area contributed by atoms with Gasteiger partial charge in [0.1, 0.15) is 5.60 Å². The second-order valence-corrected chi connectivity index (χ2v) is 8.43. The molecule has 2 rings (SSSR count). The van der Waals surface area contributed by atoms with Crippen LogP contribution < -0.4 is 0 Å². The average molecular weight is 430 g/mol. The number of hydrogen-bond acceptors (Lipinski definition) is 3. The van der Waals surface area contributed by atoms with Crippen molar-refractivity contribution in [1.82, 2.24) is 9.80 Å². The Bertz CT molecular complexity index is 525. The van der Waals surface area contributed by atoms with Crippen molar-refractivity contribution in [2.75, 3.05) is 26.2 Å². The zero-order valence-corrected chi connectivity index (χ0v) is 16.7. The van der Waals surface area contributed by atoms with Gasteiger partial charge in [0, 0.05) is 35.8 Å². The van der Waals surface area contributed by atoms with Crippen molar-refractivity contribution in [3.05, 3.63) is 33.4 Å². The fraction of sp³-hybridized carbons (Fsp3) is 0.611. The molecule has 5 heteroatoms. The summed E-state index contributed by atoms with van der Waals surface area (Å²) in [6.45, 7) is 11.3. The topological polar surface area (TPSA) is 32.8 Å². The Hall–Kier alpha value is -0.820. The average Bonchev–Trinajstić information content (AvgIpc) is 2.46. The molecule has 1 aliphatic rings. The molecule has 0 radical (unpaired) electrons. The van der Waals surface area contributed by atoms with Crippen LogP contribution in [0.1, 0.15) is 33.3 Å². The van der Waals surface area contributed by atoms with E-state index in [1.165, 1.54) is 9.13 Å². The van der Waals surface area contributed by atoms with Crippen LogP contribution in [-0.2, 0) is 11.2 Å². The number of piperazine rings is 1. The van der Waals surface area contributed by atoms with Gasteiger partial charge in [-0.1, -0.05) is 12.1 Å². The molecular formula is C18H27IN2O2. The summed E-state index contributed by atoms with van der Waals surface area (Å²) in [6.07, 6.45) is 0.856. The quantitative estimate of drug-likeness (QED) is 0.685. The van der Waals surface area contributed by atoms with Crippen molar-refractivity contribution >= 4 is 28.7 Å². The standard InChI is InChI=1S/C18H27IN2O2/c1-14-13-21(17(22)23-18(2,3)4)12-11-20(14)10-9-15-5-7-16(19)8-6-15/h5-8,14H,9-13H2,1-4H3. The minimum atomic E-state index is -0.428. The Morgan fingerprint density at radius 1 is 1.26 bits per heavy atom. The lowest BCUT2D eigenvalue weighted by molar-refractivity contribution is 0.00598. The van der Waals surface area contributed by atoms with E-state index in [2.05, 4.69) is 58.7 Å². The summed E-state index contributed by atoms with van der Waals surface area (Å²) >= 11 is 2.33.